The summed E-state index contributed by atoms with van der Waals surface area (Å²) < 4.78 is 0. The number of hydrogen-bond donors (Lipinski definition) is 1. The monoisotopic (exact) mass is 288 g/mol. The Morgan fingerprint density at radius 1 is 1.24 bits per heavy atom. The Bertz CT molecular complexity index is 441. The van der Waals surface area contributed by atoms with Crippen molar-refractivity contribution in [2.24, 2.45) is 17.8 Å². The molecule has 0 bridgehead atoms. The van der Waals surface area contributed by atoms with E-state index in [9.17, 15) is 0 Å². The van der Waals surface area contributed by atoms with E-state index in [0.717, 1.165) is 24.3 Å². The Hall–Kier alpha value is -1.02. The topological polar surface area (TPSA) is 15.3 Å². The molecule has 1 N–H and O–H groups in total. The molecule has 0 aliphatic heterocycles. The number of benzene rings is 1. The maximum atomic E-state index is 3.56. The van der Waals surface area contributed by atoms with Gasteiger partial charge >= 0.3 is 0 Å². The molecule has 1 aliphatic rings. The first-order chi connectivity index (χ1) is 10.0. The van der Waals surface area contributed by atoms with E-state index < -0.39 is 0 Å². The summed E-state index contributed by atoms with van der Waals surface area (Å²) in [5, 5.41) is 3.56. The lowest BCUT2D eigenvalue weighted by molar-refractivity contribution is 0.177. The highest BCUT2D eigenvalue weighted by atomic mass is 15.1. The average Bonchev–Trinajstić information content (AvgIpc) is 2.47. The minimum Gasteiger partial charge on any atom is -0.374 e. The molecule has 1 aromatic carbocycles. The third-order valence-electron chi connectivity index (χ3n) is 5.37. The summed E-state index contributed by atoms with van der Waals surface area (Å²) in [6.07, 6.45) is 4.07. The van der Waals surface area contributed by atoms with Crippen molar-refractivity contribution in [2.45, 2.75) is 46.1 Å². The SMILES string of the molecule is CNC1CCC(C(C)C)CC1CN(C)c1ccccc1C. The maximum absolute atomic E-state index is 3.56. The van der Waals surface area contributed by atoms with Crippen molar-refractivity contribution in [3.63, 3.8) is 0 Å². The van der Waals surface area contributed by atoms with Gasteiger partial charge in [-0.1, -0.05) is 32.0 Å². The van der Waals surface area contributed by atoms with Gasteiger partial charge in [0.25, 0.3) is 0 Å². The van der Waals surface area contributed by atoms with Gasteiger partial charge < -0.3 is 10.2 Å². The summed E-state index contributed by atoms with van der Waals surface area (Å²) in [6, 6.07) is 9.39. The van der Waals surface area contributed by atoms with Crippen molar-refractivity contribution in [3.8, 4) is 0 Å². The van der Waals surface area contributed by atoms with E-state index in [-0.39, 0.29) is 0 Å². The second-order valence-electron chi connectivity index (χ2n) is 7.14. The fourth-order valence-corrected chi connectivity index (χ4v) is 3.93. The fraction of sp³-hybridized carbons (Fsp3) is 0.684. The standard InChI is InChI=1S/C19H32N2/c1-14(2)16-10-11-18(20-4)17(12-16)13-21(5)19-9-7-6-8-15(19)3/h6-9,14,16-18,20H,10-13H2,1-5H3. The molecular formula is C19H32N2. The molecule has 0 amide bonds. The van der Waals surface area contributed by atoms with E-state index in [1.54, 1.807) is 0 Å². The quantitative estimate of drug-likeness (QED) is 0.878. The van der Waals surface area contributed by atoms with Crippen LogP contribution in [-0.4, -0.2) is 26.7 Å². The smallest absolute Gasteiger partial charge is 0.0393 e. The van der Waals surface area contributed by atoms with Crippen LogP contribution in [-0.2, 0) is 0 Å². The van der Waals surface area contributed by atoms with Gasteiger partial charge in [0.15, 0.2) is 0 Å². The van der Waals surface area contributed by atoms with Gasteiger partial charge in [-0.3, -0.25) is 0 Å². The van der Waals surface area contributed by atoms with Crippen LogP contribution < -0.4 is 10.2 Å². The molecule has 1 aromatic rings. The van der Waals surface area contributed by atoms with Crippen molar-refractivity contribution in [3.05, 3.63) is 29.8 Å². The highest BCUT2D eigenvalue weighted by Gasteiger charge is 2.31. The Morgan fingerprint density at radius 2 is 1.95 bits per heavy atom. The van der Waals surface area contributed by atoms with Crippen LogP contribution in [0.1, 0.15) is 38.7 Å². The summed E-state index contributed by atoms with van der Waals surface area (Å²) in [5.41, 5.74) is 2.75. The minimum atomic E-state index is 0.673. The summed E-state index contributed by atoms with van der Waals surface area (Å²) in [4.78, 5) is 2.45. The zero-order chi connectivity index (χ0) is 15.4. The van der Waals surface area contributed by atoms with Crippen LogP contribution in [0.15, 0.2) is 24.3 Å². The van der Waals surface area contributed by atoms with Crippen molar-refractivity contribution in [1.29, 1.82) is 0 Å². The second-order valence-corrected chi connectivity index (χ2v) is 7.14. The normalized spacial score (nSPS) is 26.1. The summed E-state index contributed by atoms with van der Waals surface area (Å²) in [6.45, 7) is 8.12. The molecule has 0 radical (unpaired) electrons. The average molecular weight is 288 g/mol. The third-order valence-corrected chi connectivity index (χ3v) is 5.37. The van der Waals surface area contributed by atoms with E-state index in [4.69, 9.17) is 0 Å². The summed E-state index contributed by atoms with van der Waals surface area (Å²) in [7, 11) is 4.37. The number of rotatable bonds is 5. The molecule has 0 aromatic heterocycles. The number of anilines is 1. The van der Waals surface area contributed by atoms with Crippen LogP contribution in [0.3, 0.4) is 0 Å². The van der Waals surface area contributed by atoms with Gasteiger partial charge in [-0.05, 0) is 62.6 Å². The highest BCUT2D eigenvalue weighted by molar-refractivity contribution is 5.52. The lowest BCUT2D eigenvalue weighted by Crippen LogP contribution is -2.44. The number of hydrogen-bond acceptors (Lipinski definition) is 2. The molecule has 0 saturated heterocycles. The fourth-order valence-electron chi connectivity index (χ4n) is 3.93. The zero-order valence-corrected chi connectivity index (χ0v) is 14.4. The third kappa shape index (κ3) is 4.00. The van der Waals surface area contributed by atoms with E-state index in [0.29, 0.717) is 6.04 Å². The van der Waals surface area contributed by atoms with Gasteiger partial charge in [0.05, 0.1) is 0 Å². The molecular weight excluding hydrogens is 256 g/mol. The molecule has 3 atom stereocenters. The van der Waals surface area contributed by atoms with E-state index >= 15 is 0 Å². The zero-order valence-electron chi connectivity index (χ0n) is 14.4. The maximum Gasteiger partial charge on any atom is 0.0393 e. The molecule has 1 aliphatic carbocycles. The molecule has 2 heteroatoms. The Kier molecular flexibility index (Phi) is 5.69. The minimum absolute atomic E-state index is 0.673. The van der Waals surface area contributed by atoms with Crippen molar-refractivity contribution in [1.82, 2.24) is 5.32 Å². The number of aryl methyl sites for hydroxylation is 1. The second kappa shape index (κ2) is 7.31. The Morgan fingerprint density at radius 3 is 2.57 bits per heavy atom. The van der Waals surface area contributed by atoms with Gasteiger partial charge in [0, 0.05) is 25.3 Å². The van der Waals surface area contributed by atoms with Crippen LogP contribution in [0.2, 0.25) is 0 Å². The van der Waals surface area contributed by atoms with Crippen LogP contribution in [0.4, 0.5) is 5.69 Å². The lowest BCUT2D eigenvalue weighted by Gasteiger charge is -2.40. The Labute approximate surface area is 130 Å². The van der Waals surface area contributed by atoms with Crippen molar-refractivity contribution in [2.75, 3.05) is 25.5 Å². The van der Waals surface area contributed by atoms with Crippen LogP contribution in [0.5, 0.6) is 0 Å². The molecule has 0 spiro atoms. The van der Waals surface area contributed by atoms with Gasteiger partial charge in [-0.15, -0.1) is 0 Å². The summed E-state index contributed by atoms with van der Waals surface area (Å²) >= 11 is 0. The molecule has 2 rings (SSSR count). The lowest BCUT2D eigenvalue weighted by atomic mass is 9.73. The van der Waals surface area contributed by atoms with Gasteiger partial charge in [0.1, 0.15) is 0 Å². The van der Waals surface area contributed by atoms with Gasteiger partial charge in [-0.2, -0.15) is 0 Å². The number of nitrogens with one attached hydrogen (secondary N) is 1. The van der Waals surface area contributed by atoms with E-state index in [2.05, 4.69) is 69.3 Å². The predicted molar refractivity (Wildman–Crippen MR) is 93.0 cm³/mol. The molecule has 3 unspecified atom stereocenters. The predicted octanol–water partition coefficient (Wildman–Crippen LogP) is 4.09. The molecule has 1 saturated carbocycles. The van der Waals surface area contributed by atoms with Crippen molar-refractivity contribution >= 4 is 5.69 Å². The largest absolute Gasteiger partial charge is 0.374 e. The van der Waals surface area contributed by atoms with Gasteiger partial charge in [-0.25, -0.2) is 0 Å². The summed E-state index contributed by atoms with van der Waals surface area (Å²) in [5.74, 6) is 2.46. The first kappa shape index (κ1) is 16.4. The first-order valence-electron chi connectivity index (χ1n) is 8.47. The Balaban J connectivity index is 2.06. The number of para-hydroxylation sites is 1. The van der Waals surface area contributed by atoms with Crippen molar-refractivity contribution < 1.29 is 0 Å². The molecule has 0 heterocycles. The van der Waals surface area contributed by atoms with Crippen LogP contribution in [0.25, 0.3) is 0 Å². The van der Waals surface area contributed by atoms with E-state index in [1.165, 1.54) is 30.5 Å². The van der Waals surface area contributed by atoms with Crippen LogP contribution in [0, 0.1) is 24.7 Å². The highest BCUT2D eigenvalue weighted by Crippen LogP contribution is 2.35. The molecule has 2 nitrogen and oxygen atoms in total. The molecule has 21 heavy (non-hydrogen) atoms. The van der Waals surface area contributed by atoms with E-state index in [1.807, 2.05) is 0 Å². The number of nitrogens with zero attached hydrogens (tertiary/aromatic N) is 1. The molecule has 1 fully saturated rings. The molecule has 118 valence electrons. The first-order valence-corrected chi connectivity index (χ1v) is 8.47. The van der Waals surface area contributed by atoms with Gasteiger partial charge in [0.2, 0.25) is 0 Å². The van der Waals surface area contributed by atoms with Crippen LogP contribution >= 0.6 is 0 Å².